The number of nitrogens with one attached hydrogen (secondary N) is 1. The van der Waals surface area contributed by atoms with Crippen LogP contribution in [0.4, 0.5) is 0 Å². The quantitative estimate of drug-likeness (QED) is 0.666. The minimum atomic E-state index is -0.240. The number of carbonyl (C=O) groups is 1. The summed E-state index contributed by atoms with van der Waals surface area (Å²) in [4.78, 5) is 16.0. The minimum absolute atomic E-state index is 0.217. The van der Waals surface area contributed by atoms with Crippen molar-refractivity contribution in [1.82, 2.24) is 15.1 Å². The number of hydrogen-bond acceptors (Lipinski definition) is 4. The fraction of sp³-hybridized carbons (Fsp3) is 0.923. The van der Waals surface area contributed by atoms with Gasteiger partial charge in [0.25, 0.3) is 0 Å². The second-order valence-electron chi connectivity index (χ2n) is 5.43. The largest absolute Gasteiger partial charge is 0.368 e. The number of primary amides is 1. The van der Waals surface area contributed by atoms with Gasteiger partial charge >= 0.3 is 0 Å². The summed E-state index contributed by atoms with van der Waals surface area (Å²) < 4.78 is 0. The Hall–Kier alpha value is -0.650. The molecule has 1 amide bonds. The van der Waals surface area contributed by atoms with Crippen LogP contribution < -0.4 is 11.1 Å². The molecule has 0 saturated carbocycles. The monoisotopic (exact) mass is 256 g/mol. The van der Waals surface area contributed by atoms with E-state index in [1.54, 1.807) is 0 Å². The van der Waals surface area contributed by atoms with Gasteiger partial charge in [-0.1, -0.05) is 6.92 Å². The molecule has 5 heteroatoms. The van der Waals surface area contributed by atoms with Crippen LogP contribution in [0.1, 0.15) is 26.2 Å². The molecule has 1 saturated heterocycles. The van der Waals surface area contributed by atoms with Gasteiger partial charge in [-0.25, -0.2) is 0 Å². The zero-order valence-corrected chi connectivity index (χ0v) is 12.0. The van der Waals surface area contributed by atoms with Gasteiger partial charge in [0.05, 0.1) is 6.04 Å². The van der Waals surface area contributed by atoms with Crippen LogP contribution in [-0.4, -0.2) is 68.1 Å². The van der Waals surface area contributed by atoms with Crippen LogP contribution in [-0.2, 0) is 4.79 Å². The number of nitrogens with zero attached hydrogens (tertiary/aromatic N) is 2. The molecular weight excluding hydrogens is 228 g/mol. The Kier molecular flexibility index (Phi) is 6.60. The molecule has 0 aromatic carbocycles. The number of likely N-dealkylation sites (N-methyl/N-ethyl adjacent to an activating group) is 1. The minimum Gasteiger partial charge on any atom is -0.368 e. The number of rotatable bonds is 7. The highest BCUT2D eigenvalue weighted by Crippen LogP contribution is 2.13. The maximum atomic E-state index is 11.4. The molecule has 2 atom stereocenters. The highest BCUT2D eigenvalue weighted by Gasteiger charge is 2.25. The van der Waals surface area contributed by atoms with Crippen LogP contribution >= 0.6 is 0 Å². The molecule has 1 fully saturated rings. The lowest BCUT2D eigenvalue weighted by molar-refractivity contribution is -0.120. The summed E-state index contributed by atoms with van der Waals surface area (Å²) in [6, 6.07) is 0.379. The fourth-order valence-electron chi connectivity index (χ4n) is 2.45. The van der Waals surface area contributed by atoms with Crippen LogP contribution in [0, 0.1) is 0 Å². The molecule has 1 rings (SSSR count). The Morgan fingerprint density at radius 3 is 2.83 bits per heavy atom. The normalized spacial score (nSPS) is 23.2. The summed E-state index contributed by atoms with van der Waals surface area (Å²) >= 11 is 0. The van der Waals surface area contributed by atoms with Crippen LogP contribution in [0.3, 0.4) is 0 Å². The first kappa shape index (κ1) is 15.4. The predicted octanol–water partition coefficient (Wildman–Crippen LogP) is -0.134. The fourth-order valence-corrected chi connectivity index (χ4v) is 2.45. The number of likely N-dealkylation sites (tertiary alicyclic amines) is 1. The molecule has 1 aliphatic heterocycles. The van der Waals surface area contributed by atoms with Crippen molar-refractivity contribution in [2.75, 3.05) is 40.3 Å². The summed E-state index contributed by atoms with van der Waals surface area (Å²) in [5.74, 6) is -0.240. The van der Waals surface area contributed by atoms with Gasteiger partial charge in [-0.15, -0.1) is 0 Å². The van der Waals surface area contributed by atoms with Crippen molar-refractivity contribution in [2.24, 2.45) is 5.73 Å². The van der Waals surface area contributed by atoms with E-state index in [4.69, 9.17) is 5.73 Å². The van der Waals surface area contributed by atoms with Gasteiger partial charge in [-0.2, -0.15) is 0 Å². The first-order valence-electron chi connectivity index (χ1n) is 6.96. The van der Waals surface area contributed by atoms with Crippen molar-refractivity contribution in [2.45, 2.75) is 38.3 Å². The number of hydrogen-bond donors (Lipinski definition) is 2. The molecule has 0 bridgehead atoms. The second kappa shape index (κ2) is 7.71. The highest BCUT2D eigenvalue weighted by molar-refractivity contribution is 5.80. The first-order chi connectivity index (χ1) is 8.54. The molecule has 0 spiro atoms. The van der Waals surface area contributed by atoms with Crippen LogP contribution in [0.2, 0.25) is 0 Å². The number of amides is 1. The third kappa shape index (κ3) is 4.92. The van der Waals surface area contributed by atoms with Crippen molar-refractivity contribution in [1.29, 1.82) is 0 Å². The maximum absolute atomic E-state index is 11.4. The Morgan fingerprint density at radius 1 is 1.56 bits per heavy atom. The molecule has 2 unspecified atom stereocenters. The molecule has 5 nitrogen and oxygen atoms in total. The van der Waals surface area contributed by atoms with Crippen molar-refractivity contribution >= 4 is 5.91 Å². The smallest absolute Gasteiger partial charge is 0.235 e. The molecular formula is C13H28N4O. The Bertz CT molecular complexity index is 257. The van der Waals surface area contributed by atoms with E-state index in [9.17, 15) is 4.79 Å². The summed E-state index contributed by atoms with van der Waals surface area (Å²) in [6.45, 7) is 5.78. The van der Waals surface area contributed by atoms with E-state index >= 15 is 0 Å². The van der Waals surface area contributed by atoms with Crippen molar-refractivity contribution in [3.05, 3.63) is 0 Å². The molecule has 0 aromatic heterocycles. The van der Waals surface area contributed by atoms with Crippen LogP contribution in [0.25, 0.3) is 0 Å². The topological polar surface area (TPSA) is 61.6 Å². The zero-order chi connectivity index (χ0) is 13.5. The molecule has 106 valence electrons. The lowest BCUT2D eigenvalue weighted by Crippen LogP contribution is -2.53. The third-order valence-electron chi connectivity index (χ3n) is 3.64. The SMILES string of the molecule is CCCNC(CN1CCCC(N(C)C)C1)C(N)=O. The molecule has 3 N–H and O–H groups in total. The van der Waals surface area contributed by atoms with Gasteiger partial charge < -0.3 is 16.0 Å². The standard InChI is InChI=1S/C13H28N4O/c1-4-7-15-12(13(14)18)10-17-8-5-6-11(9-17)16(2)3/h11-12,15H,4-10H2,1-3H3,(H2,14,18). The number of nitrogens with two attached hydrogens (primary N) is 1. The molecule has 0 aromatic rings. The maximum Gasteiger partial charge on any atom is 0.235 e. The summed E-state index contributed by atoms with van der Waals surface area (Å²) in [5, 5.41) is 3.23. The van der Waals surface area contributed by atoms with Gasteiger partial charge in [0, 0.05) is 19.1 Å². The predicted molar refractivity (Wildman–Crippen MR) is 74.4 cm³/mol. The molecule has 18 heavy (non-hydrogen) atoms. The second-order valence-corrected chi connectivity index (χ2v) is 5.43. The molecule has 0 aliphatic carbocycles. The van der Waals surface area contributed by atoms with E-state index in [1.807, 2.05) is 0 Å². The zero-order valence-electron chi connectivity index (χ0n) is 12.0. The number of piperidine rings is 1. The summed E-state index contributed by atoms with van der Waals surface area (Å²) in [7, 11) is 4.24. The van der Waals surface area contributed by atoms with Gasteiger partial charge in [-0.3, -0.25) is 9.69 Å². The van der Waals surface area contributed by atoms with Crippen molar-refractivity contribution < 1.29 is 4.79 Å². The Labute approximate surface area is 111 Å². The van der Waals surface area contributed by atoms with E-state index in [2.05, 4.69) is 36.1 Å². The van der Waals surface area contributed by atoms with Gasteiger partial charge in [0.2, 0.25) is 5.91 Å². The lowest BCUT2D eigenvalue weighted by atomic mass is 10.0. The third-order valence-corrected chi connectivity index (χ3v) is 3.64. The van der Waals surface area contributed by atoms with E-state index in [0.717, 1.165) is 32.6 Å². The van der Waals surface area contributed by atoms with Gasteiger partial charge in [-0.05, 0) is 46.4 Å². The molecule has 1 heterocycles. The Morgan fingerprint density at radius 2 is 2.28 bits per heavy atom. The van der Waals surface area contributed by atoms with E-state index < -0.39 is 0 Å². The van der Waals surface area contributed by atoms with E-state index in [-0.39, 0.29) is 11.9 Å². The van der Waals surface area contributed by atoms with Gasteiger partial charge in [0.15, 0.2) is 0 Å². The van der Waals surface area contributed by atoms with Crippen LogP contribution in [0.5, 0.6) is 0 Å². The lowest BCUT2D eigenvalue weighted by Gasteiger charge is -2.37. The highest BCUT2D eigenvalue weighted by atomic mass is 16.1. The van der Waals surface area contributed by atoms with Crippen molar-refractivity contribution in [3.63, 3.8) is 0 Å². The van der Waals surface area contributed by atoms with E-state index in [1.165, 1.54) is 12.8 Å². The van der Waals surface area contributed by atoms with E-state index in [0.29, 0.717) is 6.04 Å². The van der Waals surface area contributed by atoms with Crippen molar-refractivity contribution in [3.8, 4) is 0 Å². The van der Waals surface area contributed by atoms with Gasteiger partial charge in [0.1, 0.15) is 0 Å². The summed E-state index contributed by atoms with van der Waals surface area (Å²) in [6.07, 6.45) is 3.46. The van der Waals surface area contributed by atoms with Crippen LogP contribution in [0.15, 0.2) is 0 Å². The summed E-state index contributed by atoms with van der Waals surface area (Å²) in [5.41, 5.74) is 5.45. The molecule has 1 aliphatic rings. The Balaban J connectivity index is 2.45. The number of carbonyl (C=O) groups excluding carboxylic acids is 1. The first-order valence-corrected chi connectivity index (χ1v) is 6.96. The molecule has 0 radical (unpaired) electrons. The average Bonchev–Trinajstić information content (AvgIpc) is 2.34. The average molecular weight is 256 g/mol.